The minimum atomic E-state index is -4.40. The van der Waals surface area contributed by atoms with Crippen LogP contribution in [0, 0.1) is 0 Å². The maximum absolute atomic E-state index is 11.6. The van der Waals surface area contributed by atoms with E-state index in [-0.39, 0.29) is 6.21 Å². The third kappa shape index (κ3) is 4.13. The summed E-state index contributed by atoms with van der Waals surface area (Å²) in [5.41, 5.74) is 2.66. The van der Waals surface area contributed by atoms with Crippen LogP contribution >= 0.6 is 11.6 Å². The lowest BCUT2D eigenvalue weighted by Gasteiger charge is -2.00. The van der Waals surface area contributed by atoms with Crippen molar-refractivity contribution >= 4 is 23.5 Å². The Labute approximate surface area is 83.4 Å². The van der Waals surface area contributed by atoms with E-state index in [9.17, 15) is 13.2 Å². The molecule has 0 radical (unpaired) electrons. The van der Waals surface area contributed by atoms with E-state index in [4.69, 9.17) is 11.6 Å². The lowest BCUT2D eigenvalue weighted by atomic mass is 10.3. The molecule has 0 saturated carbocycles. The van der Waals surface area contributed by atoms with Crippen molar-refractivity contribution in [3.05, 3.63) is 29.3 Å². The van der Waals surface area contributed by atoms with Crippen molar-refractivity contribution in [3.63, 3.8) is 0 Å². The maximum Gasteiger partial charge on any atom is 0.428 e. The number of hydrogen-bond acceptors (Lipinski definition) is 2. The first kappa shape index (κ1) is 10.8. The predicted molar refractivity (Wildman–Crippen MR) is 49.6 cm³/mol. The first-order valence-electron chi connectivity index (χ1n) is 3.60. The van der Waals surface area contributed by atoms with Crippen LogP contribution in [0.25, 0.3) is 0 Å². The van der Waals surface area contributed by atoms with Gasteiger partial charge in [0.1, 0.15) is 6.21 Å². The van der Waals surface area contributed by atoms with Gasteiger partial charge in [0.2, 0.25) is 0 Å². The third-order valence-electron chi connectivity index (χ3n) is 1.25. The molecule has 0 fully saturated rings. The molecule has 0 atom stereocenters. The van der Waals surface area contributed by atoms with Crippen LogP contribution in [0.4, 0.5) is 18.9 Å². The van der Waals surface area contributed by atoms with E-state index in [0.717, 1.165) is 0 Å². The largest absolute Gasteiger partial charge is 0.428 e. The lowest BCUT2D eigenvalue weighted by molar-refractivity contribution is -0.0536. The van der Waals surface area contributed by atoms with E-state index in [2.05, 4.69) is 10.5 Å². The summed E-state index contributed by atoms with van der Waals surface area (Å²) in [6, 6.07) is 6.14. The van der Waals surface area contributed by atoms with Gasteiger partial charge in [-0.25, -0.2) is 0 Å². The molecule has 6 heteroatoms. The normalized spacial score (nSPS) is 12.0. The van der Waals surface area contributed by atoms with Gasteiger partial charge in [-0.05, 0) is 24.3 Å². The van der Waals surface area contributed by atoms with Crippen LogP contribution < -0.4 is 5.43 Å². The molecule has 0 saturated heterocycles. The summed E-state index contributed by atoms with van der Waals surface area (Å²) in [6.07, 6.45) is -4.53. The molecule has 0 aromatic heterocycles. The Morgan fingerprint density at radius 3 is 2.29 bits per heavy atom. The van der Waals surface area contributed by atoms with Gasteiger partial charge in [0.15, 0.2) is 0 Å². The second-order valence-electron chi connectivity index (χ2n) is 2.42. The molecule has 0 aliphatic rings. The van der Waals surface area contributed by atoms with E-state index < -0.39 is 6.18 Å². The fourth-order valence-corrected chi connectivity index (χ4v) is 0.830. The highest BCUT2D eigenvalue weighted by molar-refractivity contribution is 6.30. The van der Waals surface area contributed by atoms with Crippen molar-refractivity contribution in [2.75, 3.05) is 5.43 Å². The second-order valence-corrected chi connectivity index (χ2v) is 2.85. The van der Waals surface area contributed by atoms with Crippen LogP contribution in [0.5, 0.6) is 0 Å². The lowest BCUT2D eigenvalue weighted by Crippen LogP contribution is -2.09. The van der Waals surface area contributed by atoms with Gasteiger partial charge < -0.3 is 0 Å². The summed E-state index contributed by atoms with van der Waals surface area (Å²) in [6.45, 7) is 0. The zero-order valence-electron chi connectivity index (χ0n) is 6.85. The number of nitrogens with one attached hydrogen (secondary N) is 1. The van der Waals surface area contributed by atoms with E-state index in [0.29, 0.717) is 10.7 Å². The molecule has 0 unspecified atom stereocenters. The molecule has 0 bridgehead atoms. The fraction of sp³-hybridized carbons (Fsp3) is 0.125. The molecular weight excluding hydrogens is 217 g/mol. The Bertz CT molecular complexity index is 318. The van der Waals surface area contributed by atoms with E-state index in [1.165, 1.54) is 12.1 Å². The predicted octanol–water partition coefficient (Wildman–Crippen LogP) is 3.30. The van der Waals surface area contributed by atoms with Crippen LogP contribution in [-0.2, 0) is 0 Å². The number of benzene rings is 1. The first-order valence-corrected chi connectivity index (χ1v) is 3.98. The van der Waals surface area contributed by atoms with Crippen LogP contribution in [-0.4, -0.2) is 12.4 Å². The van der Waals surface area contributed by atoms with E-state index >= 15 is 0 Å². The second kappa shape index (κ2) is 4.32. The highest BCUT2D eigenvalue weighted by Gasteiger charge is 2.23. The molecule has 1 aromatic rings. The number of hydrazone groups is 1. The number of rotatable bonds is 2. The Balaban J connectivity index is 2.54. The van der Waals surface area contributed by atoms with Gasteiger partial charge in [-0.15, -0.1) is 0 Å². The van der Waals surface area contributed by atoms with Crippen LogP contribution in [0.3, 0.4) is 0 Å². The van der Waals surface area contributed by atoms with E-state index in [1.807, 2.05) is 0 Å². The molecule has 1 aromatic carbocycles. The van der Waals surface area contributed by atoms with E-state index in [1.54, 1.807) is 12.1 Å². The summed E-state index contributed by atoms with van der Waals surface area (Å²) < 4.78 is 34.8. The molecular formula is C8H6ClF3N2. The summed E-state index contributed by atoms with van der Waals surface area (Å²) in [5.74, 6) is 0. The molecule has 0 aliphatic heterocycles. The van der Waals surface area contributed by atoms with Gasteiger partial charge in [0.25, 0.3) is 0 Å². The number of nitrogens with zero attached hydrogens (tertiary/aromatic N) is 1. The molecule has 0 spiro atoms. The number of anilines is 1. The fourth-order valence-electron chi connectivity index (χ4n) is 0.704. The van der Waals surface area contributed by atoms with Crippen LogP contribution in [0.15, 0.2) is 29.4 Å². The molecule has 76 valence electrons. The van der Waals surface area contributed by atoms with Crippen molar-refractivity contribution in [3.8, 4) is 0 Å². The standard InChI is InChI=1S/C8H6ClF3N2/c9-6-1-3-7(4-2-6)14-13-5-8(10,11)12/h1-5,14H/b13-5+. The Kier molecular flexibility index (Phi) is 3.35. The van der Waals surface area contributed by atoms with Crippen molar-refractivity contribution in [2.24, 2.45) is 5.10 Å². The average molecular weight is 223 g/mol. The zero-order valence-corrected chi connectivity index (χ0v) is 7.60. The Morgan fingerprint density at radius 1 is 1.21 bits per heavy atom. The van der Waals surface area contributed by atoms with Gasteiger partial charge in [0, 0.05) is 5.02 Å². The number of halogens is 4. The SMILES string of the molecule is FC(F)(F)/C=N/Nc1ccc(Cl)cc1. The molecule has 14 heavy (non-hydrogen) atoms. The summed E-state index contributed by atoms with van der Waals surface area (Å²) in [7, 11) is 0. The van der Waals surface area contributed by atoms with Crippen molar-refractivity contribution < 1.29 is 13.2 Å². The van der Waals surface area contributed by atoms with Gasteiger partial charge in [-0.2, -0.15) is 18.3 Å². The summed E-state index contributed by atoms with van der Waals surface area (Å²) >= 11 is 5.57. The zero-order chi connectivity index (χ0) is 10.6. The third-order valence-corrected chi connectivity index (χ3v) is 1.50. The van der Waals surface area contributed by atoms with Crippen molar-refractivity contribution in [1.82, 2.24) is 0 Å². The minimum Gasteiger partial charge on any atom is -0.279 e. The summed E-state index contributed by atoms with van der Waals surface area (Å²) in [5, 5.41) is 3.51. The highest BCUT2D eigenvalue weighted by atomic mass is 35.5. The highest BCUT2D eigenvalue weighted by Crippen LogP contribution is 2.14. The van der Waals surface area contributed by atoms with Crippen molar-refractivity contribution in [1.29, 1.82) is 0 Å². The monoisotopic (exact) mass is 222 g/mol. The molecule has 0 heterocycles. The minimum absolute atomic E-state index is 0.123. The molecule has 0 amide bonds. The molecule has 1 N–H and O–H groups in total. The van der Waals surface area contributed by atoms with Crippen molar-refractivity contribution in [2.45, 2.75) is 6.18 Å². The Morgan fingerprint density at radius 2 is 1.79 bits per heavy atom. The number of alkyl halides is 3. The molecule has 2 nitrogen and oxygen atoms in total. The average Bonchev–Trinajstić information content (AvgIpc) is 2.06. The quantitative estimate of drug-likeness (QED) is 0.603. The van der Waals surface area contributed by atoms with Crippen LogP contribution in [0.1, 0.15) is 0 Å². The van der Waals surface area contributed by atoms with Gasteiger partial charge in [0.05, 0.1) is 5.69 Å². The van der Waals surface area contributed by atoms with Gasteiger partial charge in [-0.1, -0.05) is 11.6 Å². The topological polar surface area (TPSA) is 24.4 Å². The molecule has 0 aliphatic carbocycles. The Hall–Kier alpha value is -1.23. The van der Waals surface area contributed by atoms with Gasteiger partial charge >= 0.3 is 6.18 Å². The number of hydrogen-bond donors (Lipinski definition) is 1. The van der Waals surface area contributed by atoms with Gasteiger partial charge in [-0.3, -0.25) is 5.43 Å². The maximum atomic E-state index is 11.6. The first-order chi connectivity index (χ1) is 6.47. The summed E-state index contributed by atoms with van der Waals surface area (Å²) in [4.78, 5) is 0. The molecule has 1 rings (SSSR count). The smallest absolute Gasteiger partial charge is 0.279 e. The van der Waals surface area contributed by atoms with Crippen LogP contribution in [0.2, 0.25) is 5.02 Å².